The molecule has 1 aromatic heterocycles. The first-order valence-corrected chi connectivity index (χ1v) is 8.12. The SMILES string of the molecule is COc1ccc(/C=C2\C(=O)NC(=O)N(c3cccnc3)C2=O)c(OC)c1OC. The van der Waals surface area contributed by atoms with E-state index in [0.29, 0.717) is 17.1 Å². The van der Waals surface area contributed by atoms with Crippen molar-refractivity contribution in [1.29, 1.82) is 0 Å². The fourth-order valence-corrected chi connectivity index (χ4v) is 2.77. The van der Waals surface area contributed by atoms with Crippen molar-refractivity contribution in [2.75, 3.05) is 26.2 Å². The zero-order chi connectivity index (χ0) is 20.3. The molecule has 1 aliphatic heterocycles. The molecule has 28 heavy (non-hydrogen) atoms. The summed E-state index contributed by atoms with van der Waals surface area (Å²) in [4.78, 5) is 42.1. The first-order valence-electron chi connectivity index (χ1n) is 8.12. The van der Waals surface area contributed by atoms with Gasteiger partial charge in [0.2, 0.25) is 5.75 Å². The van der Waals surface area contributed by atoms with Crippen molar-refractivity contribution in [3.63, 3.8) is 0 Å². The first-order chi connectivity index (χ1) is 13.5. The van der Waals surface area contributed by atoms with Crippen molar-refractivity contribution in [2.24, 2.45) is 0 Å². The molecule has 2 aromatic rings. The van der Waals surface area contributed by atoms with E-state index in [4.69, 9.17) is 14.2 Å². The number of methoxy groups -OCH3 is 3. The Balaban J connectivity index is 2.09. The van der Waals surface area contributed by atoms with Gasteiger partial charge in [0.05, 0.1) is 33.2 Å². The van der Waals surface area contributed by atoms with Gasteiger partial charge in [0.1, 0.15) is 5.57 Å². The smallest absolute Gasteiger partial charge is 0.336 e. The lowest BCUT2D eigenvalue weighted by molar-refractivity contribution is -0.122. The fraction of sp³-hybridized carbons (Fsp3) is 0.158. The van der Waals surface area contributed by atoms with Crippen LogP contribution in [0.2, 0.25) is 0 Å². The molecule has 0 atom stereocenters. The molecule has 1 saturated heterocycles. The standard InChI is InChI=1S/C19H17N3O6/c1-26-14-7-6-11(15(27-2)16(14)28-3)9-13-17(23)21-19(25)22(18(13)24)12-5-4-8-20-10-12/h4-10H,1-3H3,(H,21,23,25)/b13-9+. The largest absolute Gasteiger partial charge is 0.493 e. The van der Waals surface area contributed by atoms with Crippen molar-refractivity contribution in [3.05, 3.63) is 47.8 Å². The van der Waals surface area contributed by atoms with Gasteiger partial charge < -0.3 is 14.2 Å². The van der Waals surface area contributed by atoms with E-state index in [9.17, 15) is 14.4 Å². The lowest BCUT2D eigenvalue weighted by atomic mass is 10.1. The first kappa shape index (κ1) is 18.9. The van der Waals surface area contributed by atoms with Gasteiger partial charge in [-0.3, -0.25) is 19.9 Å². The Morgan fingerprint density at radius 2 is 1.75 bits per heavy atom. The zero-order valence-corrected chi connectivity index (χ0v) is 15.4. The summed E-state index contributed by atoms with van der Waals surface area (Å²) in [7, 11) is 4.34. The Morgan fingerprint density at radius 1 is 1.00 bits per heavy atom. The summed E-state index contributed by atoms with van der Waals surface area (Å²) in [6, 6.07) is 5.49. The highest BCUT2D eigenvalue weighted by atomic mass is 16.5. The Labute approximate surface area is 160 Å². The lowest BCUT2D eigenvalue weighted by Crippen LogP contribution is -2.54. The molecule has 4 amide bonds. The monoisotopic (exact) mass is 383 g/mol. The maximum Gasteiger partial charge on any atom is 0.336 e. The second-order valence-corrected chi connectivity index (χ2v) is 5.59. The summed E-state index contributed by atoms with van der Waals surface area (Å²) >= 11 is 0. The topological polar surface area (TPSA) is 107 Å². The molecule has 1 aromatic carbocycles. The van der Waals surface area contributed by atoms with Gasteiger partial charge in [0.25, 0.3) is 11.8 Å². The number of hydrogen-bond donors (Lipinski definition) is 1. The van der Waals surface area contributed by atoms with Gasteiger partial charge in [-0.2, -0.15) is 0 Å². The van der Waals surface area contributed by atoms with Crippen LogP contribution in [0.1, 0.15) is 5.56 Å². The second-order valence-electron chi connectivity index (χ2n) is 5.59. The van der Waals surface area contributed by atoms with Gasteiger partial charge in [-0.15, -0.1) is 0 Å². The van der Waals surface area contributed by atoms with Crippen molar-refractivity contribution >= 4 is 29.6 Å². The minimum absolute atomic E-state index is 0.239. The molecule has 0 saturated carbocycles. The van der Waals surface area contributed by atoms with Gasteiger partial charge in [-0.05, 0) is 30.3 Å². The van der Waals surface area contributed by atoms with Crippen LogP contribution >= 0.6 is 0 Å². The van der Waals surface area contributed by atoms with Gasteiger partial charge >= 0.3 is 6.03 Å². The summed E-state index contributed by atoms with van der Waals surface area (Å²) in [5.74, 6) is -0.582. The van der Waals surface area contributed by atoms with E-state index in [2.05, 4.69) is 10.3 Å². The molecular weight excluding hydrogens is 366 g/mol. The van der Waals surface area contributed by atoms with Gasteiger partial charge in [-0.25, -0.2) is 9.69 Å². The van der Waals surface area contributed by atoms with E-state index in [1.165, 1.54) is 45.9 Å². The predicted octanol–water partition coefficient (Wildman–Crippen LogP) is 1.77. The highest BCUT2D eigenvalue weighted by Gasteiger charge is 2.37. The Hall–Kier alpha value is -3.88. The number of carbonyl (C=O) groups is 3. The van der Waals surface area contributed by atoms with Crippen LogP contribution in [0.5, 0.6) is 17.2 Å². The third-order valence-corrected chi connectivity index (χ3v) is 4.04. The number of anilines is 1. The Kier molecular flexibility index (Phi) is 5.25. The number of ether oxygens (including phenoxy) is 3. The molecule has 0 aliphatic carbocycles. The van der Waals surface area contributed by atoms with Crippen LogP contribution < -0.4 is 24.4 Å². The molecule has 1 N–H and O–H groups in total. The van der Waals surface area contributed by atoms with Crippen molar-refractivity contribution in [3.8, 4) is 17.2 Å². The van der Waals surface area contributed by atoms with Crippen molar-refractivity contribution < 1.29 is 28.6 Å². The Morgan fingerprint density at radius 3 is 2.36 bits per heavy atom. The summed E-state index contributed by atoms with van der Waals surface area (Å²) in [6.07, 6.45) is 4.18. The molecule has 144 valence electrons. The molecule has 0 spiro atoms. The van der Waals surface area contributed by atoms with Crippen LogP contribution in [0.25, 0.3) is 6.08 Å². The van der Waals surface area contributed by atoms with Crippen LogP contribution in [-0.4, -0.2) is 44.2 Å². The third kappa shape index (κ3) is 3.25. The average Bonchev–Trinajstić information content (AvgIpc) is 2.70. The number of urea groups is 1. The molecule has 3 rings (SSSR count). The van der Waals surface area contributed by atoms with E-state index in [1.807, 2.05) is 0 Å². The molecule has 1 aliphatic rings. The van der Waals surface area contributed by atoms with E-state index < -0.39 is 17.8 Å². The number of nitrogens with zero attached hydrogens (tertiary/aromatic N) is 2. The van der Waals surface area contributed by atoms with Gasteiger partial charge in [0.15, 0.2) is 11.5 Å². The van der Waals surface area contributed by atoms with Crippen LogP contribution in [-0.2, 0) is 9.59 Å². The maximum atomic E-state index is 12.9. The van der Waals surface area contributed by atoms with E-state index in [0.717, 1.165) is 4.90 Å². The van der Waals surface area contributed by atoms with Crippen LogP contribution in [0.15, 0.2) is 42.2 Å². The number of amides is 4. The molecule has 2 heterocycles. The molecule has 0 bridgehead atoms. The third-order valence-electron chi connectivity index (χ3n) is 4.04. The number of aromatic nitrogens is 1. The number of barbiturate groups is 1. The Bertz CT molecular complexity index is 971. The fourth-order valence-electron chi connectivity index (χ4n) is 2.77. The summed E-state index contributed by atoms with van der Waals surface area (Å²) in [5, 5.41) is 2.15. The van der Waals surface area contributed by atoms with Crippen LogP contribution in [0, 0.1) is 0 Å². The number of imide groups is 2. The molecule has 9 nitrogen and oxygen atoms in total. The average molecular weight is 383 g/mol. The maximum absolute atomic E-state index is 12.9. The second kappa shape index (κ2) is 7.78. The van der Waals surface area contributed by atoms with E-state index in [-0.39, 0.29) is 17.0 Å². The number of nitrogens with one attached hydrogen (secondary N) is 1. The number of benzene rings is 1. The number of hydrogen-bond acceptors (Lipinski definition) is 7. The highest BCUT2D eigenvalue weighted by Crippen LogP contribution is 2.40. The normalized spacial score (nSPS) is 15.5. The predicted molar refractivity (Wildman–Crippen MR) is 99.3 cm³/mol. The van der Waals surface area contributed by atoms with Gasteiger partial charge in [0, 0.05) is 11.8 Å². The highest BCUT2D eigenvalue weighted by molar-refractivity contribution is 6.39. The molecule has 9 heteroatoms. The number of carbonyl (C=O) groups excluding carboxylic acids is 3. The molecule has 0 radical (unpaired) electrons. The minimum Gasteiger partial charge on any atom is -0.493 e. The van der Waals surface area contributed by atoms with Crippen LogP contribution in [0.4, 0.5) is 10.5 Å². The summed E-state index contributed by atoms with van der Waals surface area (Å²) < 4.78 is 15.9. The lowest BCUT2D eigenvalue weighted by Gasteiger charge is -2.26. The quantitative estimate of drug-likeness (QED) is 0.619. The van der Waals surface area contributed by atoms with Crippen molar-refractivity contribution in [2.45, 2.75) is 0 Å². The number of pyridine rings is 1. The van der Waals surface area contributed by atoms with Crippen molar-refractivity contribution in [1.82, 2.24) is 10.3 Å². The van der Waals surface area contributed by atoms with Crippen LogP contribution in [0.3, 0.4) is 0 Å². The summed E-state index contributed by atoms with van der Waals surface area (Å²) in [5.41, 5.74) is 0.399. The summed E-state index contributed by atoms with van der Waals surface area (Å²) in [6.45, 7) is 0. The van der Waals surface area contributed by atoms with E-state index >= 15 is 0 Å². The molecular formula is C19H17N3O6. The molecule has 0 unspecified atom stereocenters. The molecule has 1 fully saturated rings. The minimum atomic E-state index is -0.848. The van der Waals surface area contributed by atoms with E-state index in [1.54, 1.807) is 18.2 Å². The van der Waals surface area contributed by atoms with Gasteiger partial charge in [-0.1, -0.05) is 0 Å². The number of rotatable bonds is 5. The zero-order valence-electron chi connectivity index (χ0n) is 15.4.